The quantitative estimate of drug-likeness (QED) is 0.593. The van der Waals surface area contributed by atoms with Crippen LogP contribution in [0.15, 0.2) is 65.2 Å². The molecule has 8 heteroatoms. The lowest BCUT2D eigenvalue weighted by Gasteiger charge is -2.29. The Bertz CT molecular complexity index is 1040. The van der Waals surface area contributed by atoms with Crippen LogP contribution in [0.3, 0.4) is 0 Å². The summed E-state index contributed by atoms with van der Waals surface area (Å²) >= 11 is 0. The van der Waals surface area contributed by atoms with Gasteiger partial charge in [-0.3, -0.25) is 9.59 Å². The SMILES string of the molecule is Cc1noc(C2CN(C(=O)COCc3ccccc3)CCCN2C(=O)c2ccccc2)n1. The molecule has 0 spiro atoms. The van der Waals surface area contributed by atoms with Crippen molar-refractivity contribution in [2.24, 2.45) is 0 Å². The van der Waals surface area contributed by atoms with Crippen LogP contribution in [0.25, 0.3) is 0 Å². The Morgan fingerprint density at radius 3 is 2.47 bits per heavy atom. The molecular weight excluding hydrogens is 408 g/mol. The second-order valence-corrected chi connectivity index (χ2v) is 7.73. The van der Waals surface area contributed by atoms with E-state index in [1.54, 1.807) is 28.9 Å². The molecule has 4 rings (SSSR count). The van der Waals surface area contributed by atoms with Gasteiger partial charge in [0.15, 0.2) is 5.82 Å². The smallest absolute Gasteiger partial charge is 0.254 e. The van der Waals surface area contributed by atoms with Crippen molar-refractivity contribution in [1.29, 1.82) is 0 Å². The lowest BCUT2D eigenvalue weighted by molar-refractivity contribution is -0.137. The zero-order chi connectivity index (χ0) is 22.3. The zero-order valence-corrected chi connectivity index (χ0v) is 18.0. The number of carbonyl (C=O) groups excluding carboxylic acids is 2. The van der Waals surface area contributed by atoms with Crippen molar-refractivity contribution in [2.45, 2.75) is 26.0 Å². The van der Waals surface area contributed by atoms with Crippen LogP contribution in [0.2, 0.25) is 0 Å². The van der Waals surface area contributed by atoms with Crippen molar-refractivity contribution < 1.29 is 18.8 Å². The zero-order valence-electron chi connectivity index (χ0n) is 18.0. The van der Waals surface area contributed by atoms with E-state index in [2.05, 4.69) is 10.1 Å². The highest BCUT2D eigenvalue weighted by atomic mass is 16.5. The molecule has 1 saturated heterocycles. The first-order valence-corrected chi connectivity index (χ1v) is 10.7. The van der Waals surface area contributed by atoms with Crippen LogP contribution in [0.1, 0.15) is 40.1 Å². The molecule has 3 aromatic rings. The van der Waals surface area contributed by atoms with Crippen molar-refractivity contribution >= 4 is 11.8 Å². The van der Waals surface area contributed by atoms with Gasteiger partial charge in [-0.25, -0.2) is 0 Å². The molecule has 1 atom stereocenters. The summed E-state index contributed by atoms with van der Waals surface area (Å²) in [4.78, 5) is 34.0. The highest BCUT2D eigenvalue weighted by Gasteiger charge is 2.35. The van der Waals surface area contributed by atoms with E-state index in [0.717, 1.165) is 5.56 Å². The number of ether oxygens (including phenoxy) is 1. The van der Waals surface area contributed by atoms with Crippen LogP contribution >= 0.6 is 0 Å². The average molecular weight is 434 g/mol. The fourth-order valence-corrected chi connectivity index (χ4v) is 3.78. The molecule has 0 radical (unpaired) electrons. The fourth-order valence-electron chi connectivity index (χ4n) is 3.78. The first-order chi connectivity index (χ1) is 15.6. The molecule has 0 aliphatic carbocycles. The Kier molecular flexibility index (Phi) is 6.91. The third-order valence-electron chi connectivity index (χ3n) is 5.40. The maximum absolute atomic E-state index is 13.3. The minimum Gasteiger partial charge on any atom is -0.367 e. The number of hydrogen-bond donors (Lipinski definition) is 0. The first kappa shape index (κ1) is 21.7. The first-order valence-electron chi connectivity index (χ1n) is 10.7. The molecule has 1 aliphatic rings. The molecular formula is C24H26N4O4. The molecule has 0 saturated carbocycles. The summed E-state index contributed by atoms with van der Waals surface area (Å²) in [6.07, 6.45) is 0.645. The van der Waals surface area contributed by atoms with Crippen LogP contribution in [0.5, 0.6) is 0 Å². The Morgan fingerprint density at radius 1 is 1.06 bits per heavy atom. The predicted octanol–water partition coefficient (Wildman–Crippen LogP) is 3.01. The molecule has 2 amide bonds. The van der Waals surface area contributed by atoms with Crippen LogP contribution in [-0.4, -0.2) is 58.0 Å². The molecule has 8 nitrogen and oxygen atoms in total. The summed E-state index contributed by atoms with van der Waals surface area (Å²) in [5.74, 6) is 0.564. The largest absolute Gasteiger partial charge is 0.367 e. The number of nitrogens with zero attached hydrogens (tertiary/aromatic N) is 4. The van der Waals surface area contributed by atoms with E-state index in [-0.39, 0.29) is 25.0 Å². The summed E-state index contributed by atoms with van der Waals surface area (Å²) < 4.78 is 11.1. The molecule has 0 N–H and O–H groups in total. The van der Waals surface area contributed by atoms with Gasteiger partial charge < -0.3 is 19.1 Å². The molecule has 1 unspecified atom stereocenters. The van der Waals surface area contributed by atoms with E-state index in [9.17, 15) is 9.59 Å². The lowest BCUT2D eigenvalue weighted by atomic mass is 10.1. The minimum absolute atomic E-state index is 0.0306. The van der Waals surface area contributed by atoms with E-state index in [0.29, 0.717) is 43.4 Å². The Labute approximate surface area is 186 Å². The number of aryl methyl sites for hydroxylation is 1. The van der Waals surface area contributed by atoms with Gasteiger partial charge in [0.2, 0.25) is 5.91 Å². The summed E-state index contributed by atoms with van der Waals surface area (Å²) in [7, 11) is 0. The van der Waals surface area contributed by atoms with Crippen LogP contribution in [0.4, 0.5) is 0 Å². The third-order valence-corrected chi connectivity index (χ3v) is 5.40. The Balaban J connectivity index is 1.48. The van der Waals surface area contributed by atoms with E-state index in [4.69, 9.17) is 9.26 Å². The molecule has 0 bridgehead atoms. The highest BCUT2D eigenvalue weighted by Crippen LogP contribution is 2.26. The van der Waals surface area contributed by atoms with Gasteiger partial charge in [-0.05, 0) is 31.0 Å². The molecule has 1 fully saturated rings. The second-order valence-electron chi connectivity index (χ2n) is 7.73. The van der Waals surface area contributed by atoms with Gasteiger partial charge in [-0.1, -0.05) is 53.7 Å². The maximum Gasteiger partial charge on any atom is 0.254 e. The van der Waals surface area contributed by atoms with Gasteiger partial charge >= 0.3 is 0 Å². The van der Waals surface area contributed by atoms with Gasteiger partial charge in [-0.2, -0.15) is 4.98 Å². The second kappa shape index (κ2) is 10.2. The van der Waals surface area contributed by atoms with E-state index < -0.39 is 6.04 Å². The number of hydrogen-bond acceptors (Lipinski definition) is 6. The van der Waals surface area contributed by atoms with Gasteiger partial charge in [0.25, 0.3) is 11.8 Å². The van der Waals surface area contributed by atoms with Crippen LogP contribution < -0.4 is 0 Å². The number of aromatic nitrogens is 2. The van der Waals surface area contributed by atoms with Crippen LogP contribution in [-0.2, 0) is 16.1 Å². The Hall–Kier alpha value is -3.52. The molecule has 1 aromatic heterocycles. The van der Waals surface area contributed by atoms with Crippen molar-refractivity contribution in [2.75, 3.05) is 26.2 Å². The monoisotopic (exact) mass is 434 g/mol. The molecule has 32 heavy (non-hydrogen) atoms. The van der Waals surface area contributed by atoms with Gasteiger partial charge in [0.1, 0.15) is 12.6 Å². The number of rotatable bonds is 6. The van der Waals surface area contributed by atoms with Crippen molar-refractivity contribution in [3.8, 4) is 0 Å². The van der Waals surface area contributed by atoms with Crippen molar-refractivity contribution in [3.05, 3.63) is 83.5 Å². The molecule has 1 aliphatic heterocycles. The molecule has 166 valence electrons. The highest BCUT2D eigenvalue weighted by molar-refractivity contribution is 5.94. The summed E-state index contributed by atoms with van der Waals surface area (Å²) in [6, 6.07) is 18.3. The van der Waals surface area contributed by atoms with E-state index in [1.807, 2.05) is 48.5 Å². The summed E-state index contributed by atoms with van der Waals surface area (Å²) in [5.41, 5.74) is 1.59. The van der Waals surface area contributed by atoms with E-state index >= 15 is 0 Å². The lowest BCUT2D eigenvalue weighted by Crippen LogP contribution is -2.41. The average Bonchev–Trinajstić information content (AvgIpc) is 3.13. The van der Waals surface area contributed by atoms with Gasteiger partial charge in [0.05, 0.1) is 13.2 Å². The van der Waals surface area contributed by atoms with Crippen LogP contribution in [0, 0.1) is 6.92 Å². The minimum atomic E-state index is -0.524. The number of amides is 2. The maximum atomic E-state index is 13.3. The fraction of sp³-hybridized carbons (Fsp3) is 0.333. The van der Waals surface area contributed by atoms with E-state index in [1.165, 1.54) is 0 Å². The summed E-state index contributed by atoms with van der Waals surface area (Å²) in [6.45, 7) is 3.34. The molecule has 2 aromatic carbocycles. The third kappa shape index (κ3) is 5.20. The van der Waals surface area contributed by atoms with Crippen molar-refractivity contribution in [3.63, 3.8) is 0 Å². The predicted molar refractivity (Wildman–Crippen MR) is 117 cm³/mol. The summed E-state index contributed by atoms with van der Waals surface area (Å²) in [5, 5.41) is 3.89. The van der Waals surface area contributed by atoms with Crippen molar-refractivity contribution in [1.82, 2.24) is 19.9 Å². The molecule has 2 heterocycles. The number of benzene rings is 2. The van der Waals surface area contributed by atoms with Gasteiger partial charge in [0, 0.05) is 18.7 Å². The topological polar surface area (TPSA) is 88.8 Å². The van der Waals surface area contributed by atoms with Gasteiger partial charge in [-0.15, -0.1) is 0 Å². The number of carbonyl (C=O) groups is 2. The Morgan fingerprint density at radius 2 is 1.78 bits per heavy atom. The normalized spacial score (nSPS) is 16.6. The standard InChI is InChI=1S/C24H26N4O4/c1-18-25-23(32-26-18)21-15-27(22(29)17-31-16-19-9-4-2-5-10-19)13-8-14-28(21)24(30)20-11-6-3-7-12-20/h2-7,9-12,21H,8,13-17H2,1H3.